The van der Waals surface area contributed by atoms with Crippen LogP contribution in [0.2, 0.25) is 0 Å². The van der Waals surface area contributed by atoms with Crippen LogP contribution in [0.5, 0.6) is 5.75 Å². The number of aromatic nitrogens is 1. The minimum Gasteiger partial charge on any atom is -0.497 e. The van der Waals surface area contributed by atoms with Gasteiger partial charge in [0, 0.05) is 23.0 Å². The number of aryl methyl sites for hydroxylation is 1. The van der Waals surface area contributed by atoms with Crippen molar-refractivity contribution in [1.82, 2.24) is 4.98 Å². The van der Waals surface area contributed by atoms with Crippen LogP contribution in [-0.4, -0.2) is 29.1 Å². The highest BCUT2D eigenvalue weighted by Crippen LogP contribution is 2.20. The monoisotopic (exact) mass is 314 g/mol. The van der Waals surface area contributed by atoms with Crippen LogP contribution in [0.1, 0.15) is 27.3 Å². The smallest absolute Gasteiger partial charge is 0.352 e. The van der Waals surface area contributed by atoms with Crippen molar-refractivity contribution < 1.29 is 19.4 Å². The zero-order valence-electron chi connectivity index (χ0n) is 13.1. The number of hydrogen-bond donors (Lipinski definition) is 3. The normalized spacial score (nSPS) is 10.7. The molecule has 0 saturated carbocycles. The average Bonchev–Trinajstić information content (AvgIpc) is 2.81. The van der Waals surface area contributed by atoms with Gasteiger partial charge in [-0.05, 0) is 49.8 Å². The number of aromatic amines is 1. The van der Waals surface area contributed by atoms with Gasteiger partial charge >= 0.3 is 5.97 Å². The Balaban J connectivity index is 2.13. The Bertz CT molecular complexity index is 758. The van der Waals surface area contributed by atoms with Crippen molar-refractivity contribution in [3.63, 3.8) is 0 Å². The summed E-state index contributed by atoms with van der Waals surface area (Å²) in [6.07, 6.45) is 2.81. The van der Waals surface area contributed by atoms with E-state index in [4.69, 9.17) is 4.74 Å². The van der Waals surface area contributed by atoms with Gasteiger partial charge in [-0.15, -0.1) is 0 Å². The third kappa shape index (κ3) is 3.79. The number of amides is 1. The first kappa shape index (κ1) is 16.4. The van der Waals surface area contributed by atoms with Crippen LogP contribution < -0.4 is 10.1 Å². The number of hydrogen-bond acceptors (Lipinski definition) is 3. The van der Waals surface area contributed by atoms with E-state index in [-0.39, 0.29) is 11.6 Å². The highest BCUT2D eigenvalue weighted by Gasteiger charge is 2.15. The second-order valence-electron chi connectivity index (χ2n) is 5.02. The van der Waals surface area contributed by atoms with E-state index in [9.17, 15) is 14.7 Å². The Morgan fingerprint density at radius 3 is 2.43 bits per heavy atom. The summed E-state index contributed by atoms with van der Waals surface area (Å²) in [6, 6.07) is 6.92. The maximum Gasteiger partial charge on any atom is 0.352 e. The van der Waals surface area contributed by atoms with Gasteiger partial charge in [-0.1, -0.05) is 0 Å². The number of benzene rings is 1. The quantitative estimate of drug-likeness (QED) is 0.740. The first-order chi connectivity index (χ1) is 10.9. The average molecular weight is 314 g/mol. The Kier molecular flexibility index (Phi) is 4.85. The largest absolute Gasteiger partial charge is 0.497 e. The van der Waals surface area contributed by atoms with E-state index >= 15 is 0 Å². The van der Waals surface area contributed by atoms with Gasteiger partial charge in [0.15, 0.2) is 0 Å². The summed E-state index contributed by atoms with van der Waals surface area (Å²) in [5, 5.41) is 11.9. The first-order valence-corrected chi connectivity index (χ1v) is 6.98. The molecule has 1 amide bonds. The van der Waals surface area contributed by atoms with Crippen molar-refractivity contribution in [2.45, 2.75) is 13.8 Å². The number of carbonyl (C=O) groups excluding carboxylic acids is 1. The van der Waals surface area contributed by atoms with Crippen LogP contribution in [-0.2, 0) is 4.79 Å². The molecule has 6 heteroatoms. The van der Waals surface area contributed by atoms with E-state index in [0.29, 0.717) is 17.0 Å². The summed E-state index contributed by atoms with van der Waals surface area (Å²) in [6.45, 7) is 3.59. The molecule has 0 fully saturated rings. The third-order valence-electron chi connectivity index (χ3n) is 3.52. The van der Waals surface area contributed by atoms with Gasteiger partial charge in [0.2, 0.25) is 5.91 Å². The first-order valence-electron chi connectivity index (χ1n) is 6.98. The van der Waals surface area contributed by atoms with Crippen LogP contribution in [0, 0.1) is 13.8 Å². The molecule has 120 valence electrons. The summed E-state index contributed by atoms with van der Waals surface area (Å²) in [7, 11) is 1.57. The lowest BCUT2D eigenvalue weighted by Crippen LogP contribution is -2.07. The van der Waals surface area contributed by atoms with E-state index in [1.165, 1.54) is 12.2 Å². The lowest BCUT2D eigenvalue weighted by atomic mass is 10.1. The number of carboxylic acids is 1. The van der Waals surface area contributed by atoms with E-state index in [1.807, 2.05) is 0 Å². The van der Waals surface area contributed by atoms with Crippen LogP contribution >= 0.6 is 0 Å². The Hall–Kier alpha value is -3.02. The maximum atomic E-state index is 12.0. The van der Waals surface area contributed by atoms with E-state index < -0.39 is 5.97 Å². The molecule has 0 unspecified atom stereocenters. The molecule has 0 aliphatic heterocycles. The van der Waals surface area contributed by atoms with Crippen LogP contribution in [0.3, 0.4) is 0 Å². The number of anilines is 1. The standard InChI is InChI=1S/C17H18N2O4/c1-10-11(2)18-16(17(21)22)14(10)8-9-15(20)19-12-4-6-13(23-3)7-5-12/h4-9,18H,1-3H3,(H,19,20)(H,21,22)/b9-8+. The van der Waals surface area contributed by atoms with Crippen molar-refractivity contribution in [3.8, 4) is 5.75 Å². The fourth-order valence-electron chi connectivity index (χ4n) is 2.13. The highest BCUT2D eigenvalue weighted by molar-refractivity contribution is 6.03. The predicted molar refractivity (Wildman–Crippen MR) is 87.9 cm³/mol. The second kappa shape index (κ2) is 6.83. The molecule has 2 rings (SSSR count). The van der Waals surface area contributed by atoms with Crippen LogP contribution in [0.25, 0.3) is 6.08 Å². The van der Waals surface area contributed by atoms with E-state index in [1.54, 1.807) is 45.2 Å². The van der Waals surface area contributed by atoms with Crippen molar-refractivity contribution in [3.05, 3.63) is 52.9 Å². The summed E-state index contributed by atoms with van der Waals surface area (Å²) >= 11 is 0. The molecule has 1 aromatic carbocycles. The molecule has 0 atom stereocenters. The highest BCUT2D eigenvalue weighted by atomic mass is 16.5. The summed E-state index contributed by atoms with van der Waals surface area (Å²) < 4.78 is 5.04. The number of H-pyrrole nitrogens is 1. The number of ether oxygens (including phenoxy) is 1. The predicted octanol–water partition coefficient (Wildman–Crippen LogP) is 2.99. The number of rotatable bonds is 5. The van der Waals surface area contributed by atoms with Gasteiger partial charge < -0.3 is 20.1 Å². The van der Waals surface area contributed by atoms with E-state index in [2.05, 4.69) is 10.3 Å². The molecule has 0 bridgehead atoms. The summed E-state index contributed by atoms with van der Waals surface area (Å²) in [5.41, 5.74) is 2.77. The van der Waals surface area contributed by atoms with Crippen LogP contribution in [0.4, 0.5) is 5.69 Å². The van der Waals surface area contributed by atoms with Gasteiger partial charge in [-0.2, -0.15) is 0 Å². The van der Waals surface area contributed by atoms with Gasteiger partial charge in [-0.3, -0.25) is 4.79 Å². The molecule has 0 saturated heterocycles. The minimum atomic E-state index is -1.06. The fourth-order valence-corrected chi connectivity index (χ4v) is 2.13. The number of carbonyl (C=O) groups is 2. The SMILES string of the molecule is COc1ccc(NC(=O)/C=C/c2c(C(=O)O)[nH]c(C)c2C)cc1. The minimum absolute atomic E-state index is 0.0773. The van der Waals surface area contributed by atoms with Crippen molar-refractivity contribution in [2.75, 3.05) is 12.4 Å². The molecule has 6 nitrogen and oxygen atoms in total. The lowest BCUT2D eigenvalue weighted by Gasteiger charge is -2.03. The molecule has 1 heterocycles. The van der Waals surface area contributed by atoms with E-state index in [0.717, 1.165) is 11.3 Å². The van der Waals surface area contributed by atoms with Gasteiger partial charge in [-0.25, -0.2) is 4.79 Å². The molecule has 0 aliphatic carbocycles. The zero-order valence-corrected chi connectivity index (χ0v) is 13.1. The maximum absolute atomic E-state index is 12.0. The Morgan fingerprint density at radius 1 is 1.22 bits per heavy atom. The Morgan fingerprint density at radius 2 is 1.87 bits per heavy atom. The summed E-state index contributed by atoms with van der Waals surface area (Å²) in [5.74, 6) is -0.704. The molecule has 23 heavy (non-hydrogen) atoms. The van der Waals surface area contributed by atoms with Gasteiger partial charge in [0.1, 0.15) is 11.4 Å². The van der Waals surface area contributed by atoms with Gasteiger partial charge in [0.25, 0.3) is 0 Å². The molecule has 1 aromatic heterocycles. The summed E-state index contributed by atoms with van der Waals surface area (Å²) in [4.78, 5) is 26.0. The molecule has 0 radical (unpaired) electrons. The molecular formula is C17H18N2O4. The second-order valence-corrected chi connectivity index (χ2v) is 5.02. The Labute approximate surface area is 133 Å². The number of methoxy groups -OCH3 is 1. The van der Waals surface area contributed by atoms with Crippen molar-refractivity contribution >= 4 is 23.6 Å². The van der Waals surface area contributed by atoms with Crippen LogP contribution in [0.15, 0.2) is 30.3 Å². The topological polar surface area (TPSA) is 91.4 Å². The van der Waals surface area contributed by atoms with Crippen molar-refractivity contribution in [1.29, 1.82) is 0 Å². The number of carboxylic acid groups (broad SMARTS) is 1. The molecule has 3 N–H and O–H groups in total. The molecule has 2 aromatic rings. The van der Waals surface area contributed by atoms with Crippen molar-refractivity contribution in [2.24, 2.45) is 0 Å². The zero-order chi connectivity index (χ0) is 17.0. The number of aromatic carboxylic acids is 1. The molecule has 0 aliphatic rings. The van der Waals surface area contributed by atoms with Gasteiger partial charge in [0.05, 0.1) is 7.11 Å². The molecule has 0 spiro atoms. The lowest BCUT2D eigenvalue weighted by molar-refractivity contribution is -0.111. The molecular weight excluding hydrogens is 296 g/mol. The number of nitrogens with one attached hydrogen (secondary N) is 2. The fraction of sp³-hybridized carbons (Fsp3) is 0.176. The third-order valence-corrected chi connectivity index (χ3v) is 3.52.